The Morgan fingerprint density at radius 1 is 1.53 bits per heavy atom. The molecule has 1 saturated heterocycles. The van der Waals surface area contributed by atoms with Gasteiger partial charge in [-0.3, -0.25) is 4.68 Å². The van der Waals surface area contributed by atoms with Gasteiger partial charge in [0.1, 0.15) is 5.03 Å². The second-order valence-corrected chi connectivity index (χ2v) is 6.09. The fourth-order valence-electron chi connectivity index (χ4n) is 2.02. The van der Waals surface area contributed by atoms with E-state index in [0.29, 0.717) is 17.4 Å². The molecule has 17 heavy (non-hydrogen) atoms. The van der Waals surface area contributed by atoms with Crippen LogP contribution in [-0.2, 0) is 4.74 Å². The number of ether oxygens (including phenoxy) is 1. The van der Waals surface area contributed by atoms with E-state index in [-0.39, 0.29) is 0 Å². The van der Waals surface area contributed by atoms with Gasteiger partial charge in [-0.1, -0.05) is 11.8 Å². The van der Waals surface area contributed by atoms with Gasteiger partial charge in [-0.05, 0) is 34.1 Å². The lowest BCUT2D eigenvalue weighted by Gasteiger charge is -2.16. The first kappa shape index (κ1) is 12.8. The van der Waals surface area contributed by atoms with E-state index in [4.69, 9.17) is 10.5 Å². The van der Waals surface area contributed by atoms with Gasteiger partial charge in [-0.25, -0.2) is 0 Å². The monoisotopic (exact) mass is 255 g/mol. The molecule has 2 atom stereocenters. The minimum Gasteiger partial charge on any atom is -0.395 e. The Hall–Kier alpha value is -0.680. The fourth-order valence-corrected chi connectivity index (χ4v) is 3.42. The Labute approximate surface area is 107 Å². The number of aryl methyl sites for hydroxylation is 1. The smallest absolute Gasteiger partial charge is 0.118 e. The summed E-state index contributed by atoms with van der Waals surface area (Å²) in [7, 11) is 0. The normalized spacial score (nSPS) is 24.8. The maximum atomic E-state index is 6.12. The second-order valence-electron chi connectivity index (χ2n) is 4.86. The molecule has 5 heteroatoms. The average molecular weight is 255 g/mol. The molecule has 1 aromatic heterocycles. The number of nitrogens with zero attached hydrogens (tertiary/aromatic N) is 2. The lowest BCUT2D eigenvalue weighted by Crippen LogP contribution is -2.15. The van der Waals surface area contributed by atoms with Crippen LogP contribution < -0.4 is 5.73 Å². The Kier molecular flexibility index (Phi) is 3.68. The van der Waals surface area contributed by atoms with Crippen molar-refractivity contribution in [3.8, 4) is 0 Å². The van der Waals surface area contributed by atoms with Gasteiger partial charge in [0.05, 0.1) is 17.5 Å². The number of thioether (sulfide) groups is 1. The van der Waals surface area contributed by atoms with Crippen LogP contribution in [0.15, 0.2) is 5.03 Å². The highest BCUT2D eigenvalue weighted by Crippen LogP contribution is 2.37. The van der Waals surface area contributed by atoms with Crippen molar-refractivity contribution < 1.29 is 4.74 Å². The molecule has 0 saturated carbocycles. The molecule has 2 heterocycles. The van der Waals surface area contributed by atoms with Crippen LogP contribution in [-0.4, -0.2) is 27.7 Å². The zero-order chi connectivity index (χ0) is 12.6. The van der Waals surface area contributed by atoms with Crippen molar-refractivity contribution >= 4 is 17.4 Å². The van der Waals surface area contributed by atoms with E-state index >= 15 is 0 Å². The van der Waals surface area contributed by atoms with Gasteiger partial charge in [0.15, 0.2) is 0 Å². The number of aromatic nitrogens is 2. The first-order valence-corrected chi connectivity index (χ1v) is 7.01. The molecular formula is C12H21N3OS. The van der Waals surface area contributed by atoms with E-state index in [1.54, 1.807) is 0 Å². The lowest BCUT2D eigenvalue weighted by molar-refractivity contribution is 0.127. The number of hydrogen-bond donors (Lipinski definition) is 1. The van der Waals surface area contributed by atoms with Crippen molar-refractivity contribution in [2.75, 3.05) is 12.3 Å². The number of hydrogen-bond acceptors (Lipinski definition) is 4. The lowest BCUT2D eigenvalue weighted by atomic mass is 10.3. The van der Waals surface area contributed by atoms with Gasteiger partial charge >= 0.3 is 0 Å². The van der Waals surface area contributed by atoms with Crippen molar-refractivity contribution in [3.05, 3.63) is 5.69 Å². The van der Waals surface area contributed by atoms with E-state index in [0.717, 1.165) is 29.4 Å². The summed E-state index contributed by atoms with van der Waals surface area (Å²) in [6, 6.07) is 0.339. The molecule has 0 amide bonds. The number of nitrogens with two attached hydrogens (primary N) is 1. The fraction of sp³-hybridized carbons (Fsp3) is 0.750. The van der Waals surface area contributed by atoms with Crippen LogP contribution in [0.2, 0.25) is 0 Å². The predicted octanol–water partition coefficient (Wildman–Crippen LogP) is 2.62. The summed E-state index contributed by atoms with van der Waals surface area (Å²) < 4.78 is 7.62. The Morgan fingerprint density at radius 3 is 2.76 bits per heavy atom. The Bertz CT molecular complexity index is 403. The van der Waals surface area contributed by atoms with Crippen LogP contribution >= 0.6 is 11.8 Å². The maximum Gasteiger partial charge on any atom is 0.118 e. The molecule has 2 N–H and O–H groups in total. The average Bonchev–Trinajstić information content (AvgIpc) is 2.78. The summed E-state index contributed by atoms with van der Waals surface area (Å²) >= 11 is 1.81. The quantitative estimate of drug-likeness (QED) is 0.902. The van der Waals surface area contributed by atoms with Crippen molar-refractivity contribution in [2.24, 2.45) is 0 Å². The zero-order valence-electron chi connectivity index (χ0n) is 10.9. The topological polar surface area (TPSA) is 53.1 Å². The molecule has 1 aromatic rings. The molecule has 1 fully saturated rings. The zero-order valence-corrected chi connectivity index (χ0v) is 11.8. The molecule has 0 aliphatic carbocycles. The predicted molar refractivity (Wildman–Crippen MR) is 71.4 cm³/mol. The van der Waals surface area contributed by atoms with Crippen molar-refractivity contribution in [1.29, 1.82) is 0 Å². The van der Waals surface area contributed by atoms with Crippen molar-refractivity contribution in [1.82, 2.24) is 9.78 Å². The molecule has 0 aromatic carbocycles. The second kappa shape index (κ2) is 4.90. The van der Waals surface area contributed by atoms with Crippen LogP contribution in [0.1, 0.15) is 38.9 Å². The molecule has 1 aliphatic heterocycles. The minimum atomic E-state index is 0.301. The van der Waals surface area contributed by atoms with Gasteiger partial charge in [-0.15, -0.1) is 0 Å². The number of anilines is 1. The molecular weight excluding hydrogens is 234 g/mol. The highest BCUT2D eigenvalue weighted by molar-refractivity contribution is 8.00. The van der Waals surface area contributed by atoms with E-state index in [9.17, 15) is 0 Å². The first-order chi connectivity index (χ1) is 8.00. The van der Waals surface area contributed by atoms with Gasteiger partial charge < -0.3 is 10.5 Å². The summed E-state index contributed by atoms with van der Waals surface area (Å²) in [4.78, 5) is 0. The Balaban J connectivity index is 2.24. The Morgan fingerprint density at radius 2 is 2.24 bits per heavy atom. The molecule has 0 spiro atoms. The van der Waals surface area contributed by atoms with Crippen LogP contribution in [0.4, 0.5) is 5.69 Å². The number of nitrogen functional groups attached to an aromatic ring is 1. The van der Waals surface area contributed by atoms with Crippen LogP contribution in [0.25, 0.3) is 0 Å². The summed E-state index contributed by atoms with van der Waals surface area (Å²) in [6.07, 6.45) is 1.39. The largest absolute Gasteiger partial charge is 0.395 e. The highest BCUT2D eigenvalue weighted by Gasteiger charge is 2.28. The summed E-state index contributed by atoms with van der Waals surface area (Å²) in [5.74, 6) is 0. The standard InChI is InChI=1S/C12H21N3OS/c1-7(2)15-12(11(13)8(3)14-15)17-10-5-6-16-9(10)4/h7,9-10H,5-6,13H2,1-4H3. The van der Waals surface area contributed by atoms with Gasteiger partial charge in [-0.2, -0.15) is 5.10 Å². The van der Waals surface area contributed by atoms with Gasteiger partial charge in [0.2, 0.25) is 0 Å². The van der Waals surface area contributed by atoms with Crippen LogP contribution in [0, 0.1) is 6.92 Å². The third-order valence-electron chi connectivity index (χ3n) is 3.14. The summed E-state index contributed by atoms with van der Waals surface area (Å²) in [6.45, 7) is 9.21. The van der Waals surface area contributed by atoms with E-state index in [1.807, 2.05) is 23.4 Å². The van der Waals surface area contributed by atoms with E-state index in [2.05, 4.69) is 25.9 Å². The molecule has 96 valence electrons. The van der Waals surface area contributed by atoms with Gasteiger partial charge in [0, 0.05) is 17.9 Å². The van der Waals surface area contributed by atoms with Crippen molar-refractivity contribution in [2.45, 2.75) is 56.5 Å². The van der Waals surface area contributed by atoms with Crippen molar-refractivity contribution in [3.63, 3.8) is 0 Å². The van der Waals surface area contributed by atoms with E-state index in [1.165, 1.54) is 0 Å². The third-order valence-corrected chi connectivity index (χ3v) is 4.70. The maximum absolute atomic E-state index is 6.12. The van der Waals surface area contributed by atoms with E-state index < -0.39 is 0 Å². The minimum absolute atomic E-state index is 0.301. The SMILES string of the molecule is Cc1nn(C(C)C)c(SC2CCOC2C)c1N. The molecule has 0 bridgehead atoms. The highest BCUT2D eigenvalue weighted by atomic mass is 32.2. The molecule has 2 rings (SSSR count). The van der Waals surface area contributed by atoms with Gasteiger partial charge in [0.25, 0.3) is 0 Å². The summed E-state index contributed by atoms with van der Waals surface area (Å²) in [5, 5.41) is 6.10. The molecule has 4 nitrogen and oxygen atoms in total. The van der Waals surface area contributed by atoms with Crippen LogP contribution in [0.3, 0.4) is 0 Å². The third kappa shape index (κ3) is 2.45. The molecule has 1 aliphatic rings. The molecule has 2 unspecified atom stereocenters. The first-order valence-electron chi connectivity index (χ1n) is 6.13. The number of rotatable bonds is 3. The van der Waals surface area contributed by atoms with Crippen LogP contribution in [0.5, 0.6) is 0 Å². The summed E-state index contributed by atoms with van der Waals surface area (Å²) in [5.41, 5.74) is 7.87. The molecule has 0 radical (unpaired) electrons.